The molecule has 0 saturated heterocycles. The van der Waals surface area contributed by atoms with Crippen molar-refractivity contribution in [3.63, 3.8) is 0 Å². The predicted octanol–water partition coefficient (Wildman–Crippen LogP) is 2.38. The molecular formula is C14H16N4O. The molecule has 0 spiro atoms. The number of nitrogens with one attached hydrogen (secondary N) is 1. The Labute approximate surface area is 111 Å². The van der Waals surface area contributed by atoms with Crippen molar-refractivity contribution in [1.82, 2.24) is 10.1 Å². The first kappa shape index (κ1) is 10.8. The van der Waals surface area contributed by atoms with Gasteiger partial charge in [0.2, 0.25) is 5.89 Å². The molecule has 0 unspecified atom stereocenters. The standard InChI is InChI=1S/C14H16N4O/c1-2-4-12-11(3-1)15-7-8-18(12)9-13-16-14(17-19-13)10-5-6-10/h1-4,10,15H,5-9H2. The maximum Gasteiger partial charge on any atom is 0.246 e. The van der Waals surface area contributed by atoms with Crippen LogP contribution in [0.1, 0.15) is 30.5 Å². The third-order valence-electron chi connectivity index (χ3n) is 3.69. The highest BCUT2D eigenvalue weighted by Gasteiger charge is 2.29. The van der Waals surface area contributed by atoms with E-state index in [0.717, 1.165) is 24.8 Å². The first-order valence-electron chi connectivity index (χ1n) is 6.80. The monoisotopic (exact) mass is 256 g/mol. The van der Waals surface area contributed by atoms with Crippen molar-refractivity contribution in [2.45, 2.75) is 25.3 Å². The van der Waals surface area contributed by atoms with Crippen LogP contribution in [-0.4, -0.2) is 23.2 Å². The van der Waals surface area contributed by atoms with E-state index in [2.05, 4.69) is 38.6 Å². The summed E-state index contributed by atoms with van der Waals surface area (Å²) in [7, 11) is 0. The highest BCUT2D eigenvalue weighted by molar-refractivity contribution is 5.71. The third kappa shape index (κ3) is 2.05. The number of hydrogen-bond acceptors (Lipinski definition) is 5. The number of nitrogens with zero attached hydrogens (tertiary/aromatic N) is 3. The summed E-state index contributed by atoms with van der Waals surface area (Å²) in [6.07, 6.45) is 2.41. The first-order chi connectivity index (χ1) is 9.40. The van der Waals surface area contributed by atoms with Crippen LogP contribution in [0.2, 0.25) is 0 Å². The van der Waals surface area contributed by atoms with E-state index in [1.54, 1.807) is 0 Å². The summed E-state index contributed by atoms with van der Waals surface area (Å²) in [5, 5.41) is 7.47. The molecule has 4 rings (SSSR count). The van der Waals surface area contributed by atoms with Gasteiger partial charge >= 0.3 is 0 Å². The number of para-hydroxylation sites is 2. The van der Waals surface area contributed by atoms with E-state index in [0.29, 0.717) is 12.5 Å². The fraction of sp³-hybridized carbons (Fsp3) is 0.429. The molecule has 0 bridgehead atoms. The van der Waals surface area contributed by atoms with E-state index in [1.165, 1.54) is 24.2 Å². The third-order valence-corrected chi connectivity index (χ3v) is 3.69. The zero-order valence-corrected chi connectivity index (χ0v) is 10.7. The SMILES string of the molecule is c1ccc2c(c1)NCCN2Cc1nc(C2CC2)no1. The zero-order valence-electron chi connectivity index (χ0n) is 10.7. The molecule has 0 radical (unpaired) electrons. The van der Waals surface area contributed by atoms with Gasteiger partial charge in [-0.25, -0.2) is 0 Å². The average molecular weight is 256 g/mol. The van der Waals surface area contributed by atoms with E-state index in [4.69, 9.17) is 4.52 Å². The molecule has 1 aliphatic carbocycles. The number of hydrogen-bond donors (Lipinski definition) is 1. The molecule has 5 nitrogen and oxygen atoms in total. The summed E-state index contributed by atoms with van der Waals surface area (Å²) >= 11 is 0. The van der Waals surface area contributed by atoms with Gasteiger partial charge in [0.15, 0.2) is 5.82 Å². The van der Waals surface area contributed by atoms with Crippen LogP contribution < -0.4 is 10.2 Å². The van der Waals surface area contributed by atoms with Crippen LogP contribution in [-0.2, 0) is 6.54 Å². The quantitative estimate of drug-likeness (QED) is 0.913. The van der Waals surface area contributed by atoms with Crippen LogP contribution in [0, 0.1) is 0 Å². The Hall–Kier alpha value is -2.04. The van der Waals surface area contributed by atoms with Gasteiger partial charge in [-0.15, -0.1) is 0 Å². The number of benzene rings is 1. The lowest BCUT2D eigenvalue weighted by atomic mass is 10.2. The van der Waals surface area contributed by atoms with Gasteiger partial charge in [0, 0.05) is 19.0 Å². The Morgan fingerprint density at radius 2 is 2.21 bits per heavy atom. The smallest absolute Gasteiger partial charge is 0.246 e. The topological polar surface area (TPSA) is 54.2 Å². The molecular weight excluding hydrogens is 240 g/mol. The molecule has 1 N–H and O–H groups in total. The van der Waals surface area contributed by atoms with Crippen molar-refractivity contribution in [3.8, 4) is 0 Å². The van der Waals surface area contributed by atoms with Gasteiger partial charge in [-0.05, 0) is 25.0 Å². The Balaban J connectivity index is 1.56. The zero-order chi connectivity index (χ0) is 12.7. The van der Waals surface area contributed by atoms with Gasteiger partial charge < -0.3 is 14.7 Å². The van der Waals surface area contributed by atoms with Crippen molar-refractivity contribution in [2.75, 3.05) is 23.3 Å². The minimum Gasteiger partial charge on any atom is -0.382 e. The highest BCUT2D eigenvalue weighted by Crippen LogP contribution is 2.38. The van der Waals surface area contributed by atoms with Gasteiger partial charge in [0.1, 0.15) is 0 Å². The lowest BCUT2D eigenvalue weighted by molar-refractivity contribution is 0.371. The fourth-order valence-corrected chi connectivity index (χ4v) is 2.51. The van der Waals surface area contributed by atoms with Crippen LogP contribution in [0.4, 0.5) is 11.4 Å². The molecule has 1 fully saturated rings. The van der Waals surface area contributed by atoms with Crippen molar-refractivity contribution in [1.29, 1.82) is 0 Å². The van der Waals surface area contributed by atoms with Gasteiger partial charge in [0.05, 0.1) is 17.9 Å². The van der Waals surface area contributed by atoms with Crippen molar-refractivity contribution < 1.29 is 4.52 Å². The fourth-order valence-electron chi connectivity index (χ4n) is 2.51. The number of fused-ring (bicyclic) bond motifs is 1. The molecule has 98 valence electrons. The van der Waals surface area contributed by atoms with Gasteiger partial charge in [-0.1, -0.05) is 17.3 Å². The van der Waals surface area contributed by atoms with Crippen LogP contribution >= 0.6 is 0 Å². The molecule has 1 aromatic carbocycles. The Kier molecular flexibility index (Phi) is 2.43. The minimum absolute atomic E-state index is 0.549. The summed E-state index contributed by atoms with van der Waals surface area (Å²) < 4.78 is 5.36. The molecule has 0 amide bonds. The summed E-state index contributed by atoms with van der Waals surface area (Å²) in [5.41, 5.74) is 2.38. The van der Waals surface area contributed by atoms with Crippen LogP contribution in [0.3, 0.4) is 0 Å². The van der Waals surface area contributed by atoms with Crippen molar-refractivity contribution in [3.05, 3.63) is 36.0 Å². The summed E-state index contributed by atoms with van der Waals surface area (Å²) in [5.74, 6) is 2.16. The Bertz CT molecular complexity index is 591. The maximum absolute atomic E-state index is 5.36. The second kappa shape index (κ2) is 4.26. The first-order valence-corrected chi connectivity index (χ1v) is 6.80. The van der Waals surface area contributed by atoms with E-state index >= 15 is 0 Å². The van der Waals surface area contributed by atoms with Crippen LogP contribution in [0.15, 0.2) is 28.8 Å². The van der Waals surface area contributed by atoms with E-state index in [1.807, 2.05) is 6.07 Å². The molecule has 2 aromatic rings. The summed E-state index contributed by atoms with van der Waals surface area (Å²) in [6.45, 7) is 2.59. The van der Waals surface area contributed by atoms with Gasteiger partial charge in [-0.3, -0.25) is 0 Å². The number of anilines is 2. The highest BCUT2D eigenvalue weighted by atomic mass is 16.5. The Morgan fingerprint density at radius 3 is 3.11 bits per heavy atom. The number of rotatable bonds is 3. The van der Waals surface area contributed by atoms with E-state index in [-0.39, 0.29) is 0 Å². The molecule has 19 heavy (non-hydrogen) atoms. The van der Waals surface area contributed by atoms with Gasteiger partial charge in [0.25, 0.3) is 0 Å². The summed E-state index contributed by atoms with van der Waals surface area (Å²) in [6, 6.07) is 8.33. The van der Waals surface area contributed by atoms with E-state index < -0.39 is 0 Å². The second-order valence-corrected chi connectivity index (χ2v) is 5.19. The number of aromatic nitrogens is 2. The van der Waals surface area contributed by atoms with Crippen molar-refractivity contribution >= 4 is 11.4 Å². The van der Waals surface area contributed by atoms with Gasteiger partial charge in [-0.2, -0.15) is 4.98 Å². The molecule has 1 saturated carbocycles. The molecule has 5 heteroatoms. The van der Waals surface area contributed by atoms with E-state index in [9.17, 15) is 0 Å². The second-order valence-electron chi connectivity index (χ2n) is 5.19. The summed E-state index contributed by atoms with van der Waals surface area (Å²) in [4.78, 5) is 6.79. The largest absolute Gasteiger partial charge is 0.382 e. The lowest BCUT2D eigenvalue weighted by Crippen LogP contribution is -2.33. The van der Waals surface area contributed by atoms with Crippen LogP contribution in [0.25, 0.3) is 0 Å². The lowest BCUT2D eigenvalue weighted by Gasteiger charge is -2.30. The predicted molar refractivity (Wildman–Crippen MR) is 72.3 cm³/mol. The maximum atomic E-state index is 5.36. The normalized spacial score (nSPS) is 18.0. The van der Waals surface area contributed by atoms with Crippen molar-refractivity contribution in [2.24, 2.45) is 0 Å². The van der Waals surface area contributed by atoms with Crippen LogP contribution in [0.5, 0.6) is 0 Å². The molecule has 2 heterocycles. The molecule has 1 aromatic heterocycles. The molecule has 0 atom stereocenters. The Morgan fingerprint density at radius 1 is 1.32 bits per heavy atom. The minimum atomic E-state index is 0.549. The molecule has 1 aliphatic heterocycles. The average Bonchev–Trinajstić information content (AvgIpc) is 3.20. The molecule has 2 aliphatic rings.